The number of carbonyl (C=O) groups is 2. The van der Waals surface area contributed by atoms with E-state index < -0.39 is 12.0 Å². The Kier molecular flexibility index (Phi) is 3.77. The summed E-state index contributed by atoms with van der Waals surface area (Å²) >= 11 is 0. The molecular weight excluding hydrogens is 250 g/mol. The van der Waals surface area contributed by atoms with E-state index in [4.69, 9.17) is 9.63 Å². The minimum Gasteiger partial charge on any atom is -0.478 e. The number of rotatable bonds is 4. The van der Waals surface area contributed by atoms with E-state index in [1.807, 2.05) is 0 Å². The number of aromatic carboxylic acids is 1. The number of carbonyl (C=O) groups excluding carboxylic acids is 1. The summed E-state index contributed by atoms with van der Waals surface area (Å²) in [6, 6.07) is 7.32. The molecule has 3 N–H and O–H groups in total. The highest BCUT2D eigenvalue weighted by atomic mass is 16.5. The summed E-state index contributed by atoms with van der Waals surface area (Å²) in [5, 5.41) is 17.2. The number of benzene rings is 1. The number of urea groups is 1. The molecule has 2 amide bonds. The number of hydrogen-bond donors (Lipinski definition) is 3. The van der Waals surface area contributed by atoms with E-state index in [1.165, 1.54) is 24.4 Å². The fourth-order valence-electron chi connectivity index (χ4n) is 1.38. The van der Waals surface area contributed by atoms with E-state index in [-0.39, 0.29) is 18.0 Å². The Hall–Kier alpha value is -2.83. The van der Waals surface area contributed by atoms with Gasteiger partial charge in [0.05, 0.1) is 11.8 Å². The van der Waals surface area contributed by atoms with Crippen molar-refractivity contribution in [2.24, 2.45) is 0 Å². The van der Waals surface area contributed by atoms with Gasteiger partial charge in [0, 0.05) is 12.6 Å². The van der Waals surface area contributed by atoms with Crippen LogP contribution in [0.3, 0.4) is 0 Å². The van der Waals surface area contributed by atoms with Crippen LogP contribution in [0.1, 0.15) is 15.9 Å². The molecule has 0 saturated carbocycles. The summed E-state index contributed by atoms with van der Waals surface area (Å²) in [7, 11) is 0. The van der Waals surface area contributed by atoms with Crippen molar-refractivity contribution in [2.45, 2.75) is 6.54 Å². The van der Waals surface area contributed by atoms with Crippen LogP contribution in [0.5, 0.6) is 0 Å². The first kappa shape index (κ1) is 12.6. The summed E-state index contributed by atoms with van der Waals surface area (Å²) in [5.41, 5.74) is 0.993. The summed E-state index contributed by atoms with van der Waals surface area (Å²) < 4.78 is 4.71. The van der Waals surface area contributed by atoms with Crippen molar-refractivity contribution in [3.63, 3.8) is 0 Å². The Balaban J connectivity index is 1.84. The van der Waals surface area contributed by atoms with Gasteiger partial charge >= 0.3 is 12.0 Å². The van der Waals surface area contributed by atoms with Gasteiger partial charge in [0.2, 0.25) is 5.88 Å². The van der Waals surface area contributed by atoms with Gasteiger partial charge in [-0.1, -0.05) is 17.3 Å². The predicted octanol–water partition coefficient (Wildman–Crippen LogP) is 1.69. The van der Waals surface area contributed by atoms with E-state index in [9.17, 15) is 9.59 Å². The highest BCUT2D eigenvalue weighted by Crippen LogP contribution is 2.05. The maximum Gasteiger partial charge on any atom is 0.335 e. The summed E-state index contributed by atoms with van der Waals surface area (Å²) in [6.07, 6.45) is 1.42. The van der Waals surface area contributed by atoms with Crippen LogP contribution in [0.25, 0.3) is 0 Å². The van der Waals surface area contributed by atoms with Crippen molar-refractivity contribution < 1.29 is 19.2 Å². The van der Waals surface area contributed by atoms with Gasteiger partial charge in [-0.05, 0) is 17.7 Å². The number of carboxylic acid groups (broad SMARTS) is 1. The van der Waals surface area contributed by atoms with Gasteiger partial charge < -0.3 is 14.9 Å². The molecule has 0 atom stereocenters. The standard InChI is InChI=1S/C12H11N3O4/c16-11(17)9-3-1-8(2-4-9)7-13-12(18)15-10-5-6-14-19-10/h1-6H,7H2,(H,16,17)(H2,13,15,18). The normalized spacial score (nSPS) is 9.89. The van der Waals surface area contributed by atoms with Gasteiger partial charge in [-0.15, -0.1) is 0 Å². The molecule has 0 aliphatic carbocycles. The number of aromatic nitrogens is 1. The van der Waals surface area contributed by atoms with Crippen molar-refractivity contribution in [1.29, 1.82) is 0 Å². The zero-order valence-electron chi connectivity index (χ0n) is 9.79. The second-order valence-electron chi connectivity index (χ2n) is 3.69. The third-order valence-electron chi connectivity index (χ3n) is 2.33. The predicted molar refractivity (Wildman–Crippen MR) is 65.8 cm³/mol. The molecule has 0 saturated heterocycles. The summed E-state index contributed by atoms with van der Waals surface area (Å²) in [4.78, 5) is 22.1. The van der Waals surface area contributed by atoms with Crippen molar-refractivity contribution in [3.05, 3.63) is 47.7 Å². The van der Waals surface area contributed by atoms with E-state index >= 15 is 0 Å². The zero-order valence-corrected chi connectivity index (χ0v) is 9.79. The average Bonchev–Trinajstić information content (AvgIpc) is 2.89. The Labute approximate surface area is 108 Å². The van der Waals surface area contributed by atoms with E-state index in [0.29, 0.717) is 0 Å². The van der Waals surface area contributed by atoms with Gasteiger partial charge in [-0.2, -0.15) is 0 Å². The molecular formula is C12H11N3O4. The summed E-state index contributed by atoms with van der Waals surface area (Å²) in [6.45, 7) is 0.278. The molecule has 0 radical (unpaired) electrons. The zero-order chi connectivity index (χ0) is 13.7. The van der Waals surface area contributed by atoms with Gasteiger partial charge in [-0.3, -0.25) is 5.32 Å². The van der Waals surface area contributed by atoms with Crippen LogP contribution in [0.4, 0.5) is 10.7 Å². The van der Waals surface area contributed by atoms with Crippen LogP contribution in [0.2, 0.25) is 0 Å². The second kappa shape index (κ2) is 5.67. The van der Waals surface area contributed by atoms with E-state index in [0.717, 1.165) is 5.56 Å². The number of hydrogen-bond acceptors (Lipinski definition) is 4. The van der Waals surface area contributed by atoms with Gasteiger partial charge in [0.1, 0.15) is 0 Å². The molecule has 0 fully saturated rings. The van der Waals surface area contributed by atoms with Gasteiger partial charge in [0.15, 0.2) is 0 Å². The first-order valence-corrected chi connectivity index (χ1v) is 5.43. The molecule has 7 nitrogen and oxygen atoms in total. The number of carboxylic acids is 1. The molecule has 98 valence electrons. The van der Waals surface area contributed by atoms with Crippen molar-refractivity contribution in [1.82, 2.24) is 10.5 Å². The Morgan fingerprint density at radius 2 is 1.95 bits per heavy atom. The smallest absolute Gasteiger partial charge is 0.335 e. The minimum atomic E-state index is -0.984. The highest BCUT2D eigenvalue weighted by Gasteiger charge is 2.05. The number of anilines is 1. The molecule has 2 rings (SSSR count). The molecule has 1 aromatic heterocycles. The van der Waals surface area contributed by atoms with Crippen molar-refractivity contribution in [2.75, 3.05) is 5.32 Å². The lowest BCUT2D eigenvalue weighted by Gasteiger charge is -2.05. The molecule has 0 aliphatic heterocycles. The van der Waals surface area contributed by atoms with Crippen LogP contribution < -0.4 is 10.6 Å². The molecule has 1 heterocycles. The molecule has 2 aromatic rings. The molecule has 1 aromatic carbocycles. The van der Waals surface area contributed by atoms with Crippen LogP contribution in [-0.4, -0.2) is 22.3 Å². The lowest BCUT2D eigenvalue weighted by molar-refractivity contribution is 0.0697. The largest absolute Gasteiger partial charge is 0.478 e. The topological polar surface area (TPSA) is 104 Å². The molecule has 0 unspecified atom stereocenters. The van der Waals surface area contributed by atoms with Crippen molar-refractivity contribution in [3.8, 4) is 0 Å². The minimum absolute atomic E-state index is 0.204. The quantitative estimate of drug-likeness (QED) is 0.776. The molecule has 0 aliphatic rings. The first-order valence-electron chi connectivity index (χ1n) is 5.43. The lowest BCUT2D eigenvalue weighted by Crippen LogP contribution is -2.27. The highest BCUT2D eigenvalue weighted by molar-refractivity contribution is 5.88. The van der Waals surface area contributed by atoms with E-state index in [2.05, 4.69) is 15.8 Å². The lowest BCUT2D eigenvalue weighted by atomic mass is 10.1. The van der Waals surface area contributed by atoms with Gasteiger partial charge in [0.25, 0.3) is 0 Å². The molecule has 19 heavy (non-hydrogen) atoms. The third-order valence-corrected chi connectivity index (χ3v) is 2.33. The first-order chi connectivity index (χ1) is 9.15. The second-order valence-corrected chi connectivity index (χ2v) is 3.69. The van der Waals surface area contributed by atoms with Gasteiger partial charge in [-0.25, -0.2) is 9.59 Å². The Bertz CT molecular complexity index is 563. The monoisotopic (exact) mass is 261 g/mol. The van der Waals surface area contributed by atoms with Crippen LogP contribution in [-0.2, 0) is 6.54 Å². The maximum atomic E-state index is 11.5. The molecule has 0 bridgehead atoms. The fraction of sp³-hybridized carbons (Fsp3) is 0.0833. The number of amides is 2. The average molecular weight is 261 g/mol. The van der Waals surface area contributed by atoms with Crippen LogP contribution in [0, 0.1) is 0 Å². The Morgan fingerprint density at radius 1 is 1.21 bits per heavy atom. The third kappa shape index (κ3) is 3.56. The van der Waals surface area contributed by atoms with Crippen molar-refractivity contribution >= 4 is 17.9 Å². The molecule has 0 spiro atoms. The Morgan fingerprint density at radius 3 is 2.53 bits per heavy atom. The maximum absolute atomic E-state index is 11.5. The summed E-state index contributed by atoms with van der Waals surface area (Å²) in [5.74, 6) is -0.735. The van der Waals surface area contributed by atoms with Crippen LogP contribution in [0.15, 0.2) is 41.1 Å². The fourth-order valence-corrected chi connectivity index (χ4v) is 1.38. The number of nitrogens with one attached hydrogen (secondary N) is 2. The SMILES string of the molecule is O=C(NCc1ccc(C(=O)O)cc1)Nc1ccno1. The van der Waals surface area contributed by atoms with Crippen LogP contribution >= 0.6 is 0 Å². The number of nitrogens with zero attached hydrogens (tertiary/aromatic N) is 1. The molecule has 7 heteroatoms. The van der Waals surface area contributed by atoms with E-state index in [1.54, 1.807) is 12.1 Å².